The molecule has 5 heteroatoms. The first kappa shape index (κ1) is 17.2. The van der Waals surface area contributed by atoms with Gasteiger partial charge in [-0.3, -0.25) is 9.89 Å². The third-order valence-electron chi connectivity index (χ3n) is 5.08. The number of ether oxygens (including phenoxy) is 1. The molecule has 0 saturated carbocycles. The van der Waals surface area contributed by atoms with Crippen LogP contribution >= 0.6 is 0 Å². The van der Waals surface area contributed by atoms with E-state index in [-0.39, 0.29) is 5.41 Å². The van der Waals surface area contributed by atoms with Gasteiger partial charge in [0.05, 0.1) is 13.2 Å². The molecule has 2 aliphatic heterocycles. The van der Waals surface area contributed by atoms with Crippen LogP contribution in [0.3, 0.4) is 0 Å². The van der Waals surface area contributed by atoms with Crippen LogP contribution in [0.5, 0.6) is 0 Å². The van der Waals surface area contributed by atoms with E-state index in [0.717, 1.165) is 45.2 Å². The van der Waals surface area contributed by atoms with Crippen LogP contribution in [0, 0.1) is 5.41 Å². The molecule has 0 aromatic heterocycles. The van der Waals surface area contributed by atoms with Crippen molar-refractivity contribution in [3.8, 4) is 0 Å². The zero-order valence-electron chi connectivity index (χ0n) is 15.1. The minimum absolute atomic E-state index is 0.250. The smallest absolute Gasteiger partial charge is 0.191 e. The number of benzene rings is 1. The SMILES string of the molecule is CN=C(NCC1(C)COC1)NC1CC(C)N(Cc2ccccc2)C1. The summed E-state index contributed by atoms with van der Waals surface area (Å²) in [6.45, 7) is 9.20. The quantitative estimate of drug-likeness (QED) is 0.639. The molecule has 2 N–H and O–H groups in total. The molecule has 2 unspecified atom stereocenters. The fourth-order valence-corrected chi connectivity index (χ4v) is 3.48. The van der Waals surface area contributed by atoms with Crippen LogP contribution in [0.4, 0.5) is 0 Å². The highest BCUT2D eigenvalue weighted by Gasteiger charge is 2.34. The van der Waals surface area contributed by atoms with Gasteiger partial charge < -0.3 is 15.4 Å². The molecule has 1 aromatic rings. The summed E-state index contributed by atoms with van der Waals surface area (Å²) < 4.78 is 5.32. The monoisotopic (exact) mass is 330 g/mol. The predicted octanol–water partition coefficient (Wildman–Crippen LogP) is 1.85. The zero-order chi connectivity index (χ0) is 17.0. The Balaban J connectivity index is 1.48. The normalized spacial score (nSPS) is 26.9. The summed E-state index contributed by atoms with van der Waals surface area (Å²) >= 11 is 0. The van der Waals surface area contributed by atoms with Crippen molar-refractivity contribution in [3.63, 3.8) is 0 Å². The first-order chi connectivity index (χ1) is 11.6. The standard InChI is InChI=1S/C19H30N4O/c1-15-9-17(11-23(15)10-16-7-5-4-6-8-16)22-18(20-3)21-12-19(2)13-24-14-19/h4-8,15,17H,9-14H2,1-3H3,(H2,20,21,22). The molecule has 0 radical (unpaired) electrons. The lowest BCUT2D eigenvalue weighted by atomic mass is 9.89. The molecule has 5 nitrogen and oxygen atoms in total. The van der Waals surface area contributed by atoms with Gasteiger partial charge in [-0.15, -0.1) is 0 Å². The van der Waals surface area contributed by atoms with Gasteiger partial charge in [-0.1, -0.05) is 37.3 Å². The summed E-state index contributed by atoms with van der Waals surface area (Å²) in [7, 11) is 1.84. The summed E-state index contributed by atoms with van der Waals surface area (Å²) in [6, 6.07) is 11.7. The highest BCUT2D eigenvalue weighted by Crippen LogP contribution is 2.25. The number of hydrogen-bond donors (Lipinski definition) is 2. The lowest BCUT2D eigenvalue weighted by Crippen LogP contribution is -2.52. The van der Waals surface area contributed by atoms with Crippen molar-refractivity contribution >= 4 is 5.96 Å². The highest BCUT2D eigenvalue weighted by atomic mass is 16.5. The van der Waals surface area contributed by atoms with Gasteiger partial charge in [-0.2, -0.15) is 0 Å². The van der Waals surface area contributed by atoms with Gasteiger partial charge in [0.2, 0.25) is 0 Å². The number of likely N-dealkylation sites (tertiary alicyclic amines) is 1. The molecule has 24 heavy (non-hydrogen) atoms. The average Bonchev–Trinajstić information content (AvgIpc) is 2.90. The zero-order valence-corrected chi connectivity index (χ0v) is 15.1. The summed E-state index contributed by atoms with van der Waals surface area (Å²) in [6.07, 6.45) is 1.15. The maximum Gasteiger partial charge on any atom is 0.191 e. The van der Waals surface area contributed by atoms with E-state index in [0.29, 0.717) is 12.1 Å². The van der Waals surface area contributed by atoms with Gasteiger partial charge >= 0.3 is 0 Å². The maximum atomic E-state index is 5.32. The minimum Gasteiger partial charge on any atom is -0.380 e. The number of guanidine groups is 1. The van der Waals surface area contributed by atoms with Crippen molar-refractivity contribution in [1.82, 2.24) is 15.5 Å². The summed E-state index contributed by atoms with van der Waals surface area (Å²) in [5.41, 5.74) is 1.63. The molecule has 2 fully saturated rings. The molecular formula is C19H30N4O. The second-order valence-electron chi connectivity index (χ2n) is 7.57. The number of nitrogens with one attached hydrogen (secondary N) is 2. The second kappa shape index (κ2) is 7.53. The molecular weight excluding hydrogens is 300 g/mol. The van der Waals surface area contributed by atoms with Crippen molar-refractivity contribution < 1.29 is 4.74 Å². The number of nitrogens with zero attached hydrogens (tertiary/aromatic N) is 2. The van der Waals surface area contributed by atoms with E-state index >= 15 is 0 Å². The number of hydrogen-bond acceptors (Lipinski definition) is 3. The van der Waals surface area contributed by atoms with Gasteiger partial charge in [0.15, 0.2) is 5.96 Å². The first-order valence-electron chi connectivity index (χ1n) is 8.91. The number of aliphatic imine (C=N–C) groups is 1. The fraction of sp³-hybridized carbons (Fsp3) is 0.632. The fourth-order valence-electron chi connectivity index (χ4n) is 3.48. The summed E-state index contributed by atoms with van der Waals surface area (Å²) in [5.74, 6) is 0.905. The van der Waals surface area contributed by atoms with Crippen LogP contribution in [0.2, 0.25) is 0 Å². The van der Waals surface area contributed by atoms with Crippen molar-refractivity contribution in [2.45, 2.75) is 38.9 Å². The molecule has 132 valence electrons. The van der Waals surface area contributed by atoms with E-state index in [4.69, 9.17) is 4.74 Å². The summed E-state index contributed by atoms with van der Waals surface area (Å²) in [4.78, 5) is 6.93. The summed E-state index contributed by atoms with van der Waals surface area (Å²) in [5, 5.41) is 7.05. The van der Waals surface area contributed by atoms with Crippen LogP contribution in [0.15, 0.2) is 35.3 Å². The Morgan fingerprint density at radius 2 is 2.08 bits per heavy atom. The Morgan fingerprint density at radius 1 is 1.33 bits per heavy atom. The lowest BCUT2D eigenvalue weighted by molar-refractivity contribution is -0.0971. The third-order valence-corrected chi connectivity index (χ3v) is 5.08. The molecule has 0 spiro atoms. The van der Waals surface area contributed by atoms with E-state index in [1.165, 1.54) is 5.56 Å². The molecule has 2 saturated heterocycles. The van der Waals surface area contributed by atoms with E-state index in [1.54, 1.807) is 0 Å². The van der Waals surface area contributed by atoms with Crippen molar-refractivity contribution in [2.75, 3.05) is 33.4 Å². The van der Waals surface area contributed by atoms with Crippen molar-refractivity contribution in [1.29, 1.82) is 0 Å². The van der Waals surface area contributed by atoms with E-state index in [2.05, 4.69) is 64.7 Å². The Kier molecular flexibility index (Phi) is 5.41. The predicted molar refractivity (Wildman–Crippen MR) is 98.1 cm³/mol. The van der Waals surface area contributed by atoms with Gasteiger partial charge in [-0.25, -0.2) is 0 Å². The Labute approximate surface area is 145 Å². The third kappa shape index (κ3) is 4.28. The van der Waals surface area contributed by atoms with Crippen molar-refractivity contribution in [2.24, 2.45) is 10.4 Å². The average molecular weight is 330 g/mol. The van der Waals surface area contributed by atoms with Gasteiger partial charge in [-0.05, 0) is 18.9 Å². The molecule has 1 aromatic carbocycles. The number of rotatable bonds is 5. The van der Waals surface area contributed by atoms with Gasteiger partial charge in [0.25, 0.3) is 0 Å². The van der Waals surface area contributed by atoms with Crippen LogP contribution in [0.1, 0.15) is 25.8 Å². The van der Waals surface area contributed by atoms with Gasteiger partial charge in [0.1, 0.15) is 0 Å². The van der Waals surface area contributed by atoms with Crippen LogP contribution < -0.4 is 10.6 Å². The van der Waals surface area contributed by atoms with Crippen LogP contribution in [0.25, 0.3) is 0 Å². The molecule has 2 heterocycles. The molecule has 2 aliphatic rings. The molecule has 0 aliphatic carbocycles. The topological polar surface area (TPSA) is 48.9 Å². The van der Waals surface area contributed by atoms with Crippen LogP contribution in [-0.4, -0.2) is 56.3 Å². The van der Waals surface area contributed by atoms with Crippen LogP contribution in [-0.2, 0) is 11.3 Å². The van der Waals surface area contributed by atoms with Gasteiger partial charge in [0, 0.05) is 44.2 Å². The first-order valence-corrected chi connectivity index (χ1v) is 8.91. The molecule has 0 amide bonds. The second-order valence-corrected chi connectivity index (χ2v) is 7.57. The minimum atomic E-state index is 0.250. The molecule has 0 bridgehead atoms. The highest BCUT2D eigenvalue weighted by molar-refractivity contribution is 5.80. The van der Waals surface area contributed by atoms with E-state index in [9.17, 15) is 0 Å². The molecule has 3 rings (SSSR count). The Morgan fingerprint density at radius 3 is 2.71 bits per heavy atom. The van der Waals surface area contributed by atoms with E-state index < -0.39 is 0 Å². The molecule has 2 atom stereocenters. The Bertz CT molecular complexity index is 556. The Hall–Kier alpha value is -1.59. The van der Waals surface area contributed by atoms with Crippen molar-refractivity contribution in [3.05, 3.63) is 35.9 Å². The maximum absolute atomic E-state index is 5.32. The largest absolute Gasteiger partial charge is 0.380 e. The lowest BCUT2D eigenvalue weighted by Gasteiger charge is -2.38. The van der Waals surface area contributed by atoms with E-state index in [1.807, 2.05) is 7.05 Å².